The van der Waals surface area contributed by atoms with Crippen LogP contribution >= 0.6 is 0 Å². The van der Waals surface area contributed by atoms with E-state index in [1.165, 1.54) is 0 Å². The summed E-state index contributed by atoms with van der Waals surface area (Å²) in [6.07, 6.45) is 2.03. The number of rotatable bonds is 7. The maximum absolute atomic E-state index is 11.2. The van der Waals surface area contributed by atoms with Crippen molar-refractivity contribution in [3.8, 4) is 11.5 Å². The summed E-state index contributed by atoms with van der Waals surface area (Å²) >= 11 is 0. The molecule has 1 saturated carbocycles. The molecule has 1 aromatic carbocycles. The number of aromatic nitrogens is 2. The zero-order chi connectivity index (χ0) is 20.1. The van der Waals surface area contributed by atoms with Crippen LogP contribution in [0.15, 0.2) is 12.1 Å². The molecule has 1 saturated heterocycles. The summed E-state index contributed by atoms with van der Waals surface area (Å²) in [5.74, 6) is 3.17. The highest BCUT2D eigenvalue weighted by atomic mass is 32.2. The molecule has 152 valence electrons. The Labute approximate surface area is 164 Å². The smallest absolute Gasteiger partial charge is 0.274 e. The van der Waals surface area contributed by atoms with Crippen molar-refractivity contribution in [2.75, 3.05) is 38.8 Å². The normalized spacial score (nSPS) is 18.8. The van der Waals surface area contributed by atoms with E-state index in [4.69, 9.17) is 14.6 Å². The molecule has 10 heteroatoms. The maximum atomic E-state index is 11.2. The van der Waals surface area contributed by atoms with Gasteiger partial charge in [-0.25, -0.2) is 19.8 Å². The summed E-state index contributed by atoms with van der Waals surface area (Å²) in [4.78, 5) is 11.4. The Hall–Kier alpha value is -2.17. The molecular formula is C18H25N5O4S. The molecule has 2 fully saturated rings. The number of nitrogens with zero attached hydrogens (tertiary/aromatic N) is 3. The highest BCUT2D eigenvalue weighted by molar-refractivity contribution is 7.87. The molecular weight excluding hydrogens is 382 g/mol. The second-order valence-corrected chi connectivity index (χ2v) is 9.00. The van der Waals surface area contributed by atoms with Gasteiger partial charge in [-0.2, -0.15) is 8.42 Å². The van der Waals surface area contributed by atoms with Crippen molar-refractivity contribution in [2.45, 2.75) is 19.8 Å². The zero-order valence-electron chi connectivity index (χ0n) is 16.2. The third kappa shape index (κ3) is 3.36. The Morgan fingerprint density at radius 2 is 1.96 bits per heavy atom. The van der Waals surface area contributed by atoms with Crippen LogP contribution in [0.5, 0.6) is 11.5 Å². The standard InChI is InChI=1S/C18H25N5O4S/c1-11-21-15-13(4-5-14(26-2)16(15)27-3)17(22-11)23-8-12(9-23)18(6-7-18)10-20-28(19,24)25/h4-5,12,20H,6-10H2,1-3H3,(H2,19,24,25). The molecule has 0 radical (unpaired) electrons. The summed E-state index contributed by atoms with van der Waals surface area (Å²) in [5.41, 5.74) is 0.742. The second kappa shape index (κ2) is 6.71. The predicted octanol–water partition coefficient (Wildman–Crippen LogP) is 0.965. The zero-order valence-corrected chi connectivity index (χ0v) is 17.0. The molecule has 2 aliphatic rings. The molecule has 3 N–H and O–H groups in total. The fourth-order valence-corrected chi connectivity index (χ4v) is 4.51. The van der Waals surface area contributed by atoms with Crippen LogP contribution in [-0.4, -0.2) is 52.2 Å². The van der Waals surface area contributed by atoms with Gasteiger partial charge in [-0.15, -0.1) is 0 Å². The second-order valence-electron chi connectivity index (χ2n) is 7.62. The average molecular weight is 407 g/mol. The van der Waals surface area contributed by atoms with Gasteiger partial charge in [-0.3, -0.25) is 0 Å². The fraction of sp³-hybridized carbons (Fsp3) is 0.556. The van der Waals surface area contributed by atoms with E-state index in [1.54, 1.807) is 14.2 Å². The van der Waals surface area contributed by atoms with Gasteiger partial charge in [-0.05, 0) is 37.3 Å². The molecule has 1 aliphatic carbocycles. The quantitative estimate of drug-likeness (QED) is 0.701. The lowest BCUT2D eigenvalue weighted by atomic mass is 9.82. The Morgan fingerprint density at radius 3 is 2.54 bits per heavy atom. The van der Waals surface area contributed by atoms with Gasteiger partial charge < -0.3 is 14.4 Å². The van der Waals surface area contributed by atoms with Gasteiger partial charge in [0.05, 0.1) is 14.2 Å². The van der Waals surface area contributed by atoms with E-state index in [0.717, 1.165) is 42.7 Å². The number of nitrogens with one attached hydrogen (secondary N) is 1. The van der Waals surface area contributed by atoms with Crippen LogP contribution in [0.25, 0.3) is 10.9 Å². The van der Waals surface area contributed by atoms with Gasteiger partial charge in [0.1, 0.15) is 17.2 Å². The highest BCUT2D eigenvalue weighted by Crippen LogP contribution is 2.55. The predicted molar refractivity (Wildman–Crippen MR) is 106 cm³/mol. The number of methoxy groups -OCH3 is 2. The Balaban J connectivity index is 1.58. The van der Waals surface area contributed by atoms with Crippen molar-refractivity contribution in [2.24, 2.45) is 16.5 Å². The third-order valence-corrected chi connectivity index (χ3v) is 6.41. The number of hydrogen-bond acceptors (Lipinski definition) is 7. The SMILES string of the molecule is COc1ccc2c(N3CC(C4(CNS(N)(=O)=O)CC4)C3)nc(C)nc2c1OC. The lowest BCUT2D eigenvalue weighted by Gasteiger charge is -2.45. The van der Waals surface area contributed by atoms with E-state index >= 15 is 0 Å². The first kappa shape index (κ1) is 19.2. The van der Waals surface area contributed by atoms with Crippen LogP contribution in [-0.2, 0) is 10.2 Å². The first-order chi connectivity index (χ1) is 13.3. The molecule has 28 heavy (non-hydrogen) atoms. The molecule has 1 aromatic heterocycles. The average Bonchev–Trinajstić information content (AvgIpc) is 3.37. The number of hydrogen-bond donors (Lipinski definition) is 2. The van der Waals surface area contributed by atoms with Crippen molar-refractivity contribution in [3.63, 3.8) is 0 Å². The number of nitrogens with two attached hydrogens (primary N) is 1. The lowest BCUT2D eigenvalue weighted by molar-refractivity contribution is 0.249. The largest absolute Gasteiger partial charge is 0.493 e. The van der Waals surface area contributed by atoms with Crippen LogP contribution in [0, 0.1) is 18.3 Å². The van der Waals surface area contributed by atoms with Gasteiger partial charge in [-0.1, -0.05) is 0 Å². The number of fused-ring (bicyclic) bond motifs is 1. The monoisotopic (exact) mass is 407 g/mol. The maximum Gasteiger partial charge on any atom is 0.274 e. The molecule has 0 unspecified atom stereocenters. The number of anilines is 1. The number of aryl methyl sites for hydroxylation is 1. The highest BCUT2D eigenvalue weighted by Gasteiger charge is 2.53. The molecule has 0 atom stereocenters. The van der Waals surface area contributed by atoms with Gasteiger partial charge in [0, 0.05) is 30.9 Å². The van der Waals surface area contributed by atoms with Crippen LogP contribution in [0.2, 0.25) is 0 Å². The summed E-state index contributed by atoms with van der Waals surface area (Å²) in [5, 5.41) is 6.00. The van der Waals surface area contributed by atoms with E-state index in [9.17, 15) is 8.42 Å². The molecule has 1 aliphatic heterocycles. The molecule has 0 spiro atoms. The first-order valence-electron chi connectivity index (χ1n) is 9.18. The van der Waals surface area contributed by atoms with Gasteiger partial charge >= 0.3 is 0 Å². The lowest BCUT2D eigenvalue weighted by Crippen LogP contribution is -2.54. The van der Waals surface area contributed by atoms with Gasteiger partial charge in [0.15, 0.2) is 11.5 Å². The van der Waals surface area contributed by atoms with Crippen molar-refractivity contribution >= 4 is 26.9 Å². The van der Waals surface area contributed by atoms with Gasteiger partial charge in [0.2, 0.25) is 0 Å². The van der Waals surface area contributed by atoms with E-state index in [2.05, 4.69) is 19.6 Å². The minimum atomic E-state index is -3.66. The van der Waals surface area contributed by atoms with Crippen molar-refractivity contribution < 1.29 is 17.9 Å². The Morgan fingerprint density at radius 1 is 1.25 bits per heavy atom. The van der Waals surface area contributed by atoms with E-state index in [1.807, 2.05) is 19.1 Å². The summed E-state index contributed by atoms with van der Waals surface area (Å²) in [6.45, 7) is 3.91. The number of ether oxygens (including phenoxy) is 2. The summed E-state index contributed by atoms with van der Waals surface area (Å²) in [6, 6.07) is 3.81. The topological polar surface area (TPSA) is 120 Å². The number of benzene rings is 1. The molecule has 4 rings (SSSR count). The van der Waals surface area contributed by atoms with E-state index < -0.39 is 10.2 Å². The van der Waals surface area contributed by atoms with Gasteiger partial charge in [0.25, 0.3) is 10.2 Å². The van der Waals surface area contributed by atoms with Crippen LogP contribution in [0.1, 0.15) is 18.7 Å². The van der Waals surface area contributed by atoms with Crippen LogP contribution in [0.3, 0.4) is 0 Å². The minimum Gasteiger partial charge on any atom is -0.493 e. The van der Waals surface area contributed by atoms with Crippen molar-refractivity contribution in [3.05, 3.63) is 18.0 Å². The minimum absolute atomic E-state index is 0.0156. The summed E-state index contributed by atoms with van der Waals surface area (Å²) in [7, 11) is -0.458. The van der Waals surface area contributed by atoms with E-state index in [-0.39, 0.29) is 5.41 Å². The van der Waals surface area contributed by atoms with Crippen molar-refractivity contribution in [1.82, 2.24) is 14.7 Å². The molecule has 0 amide bonds. The first-order valence-corrected chi connectivity index (χ1v) is 10.7. The molecule has 2 aromatic rings. The molecule has 0 bridgehead atoms. The van der Waals surface area contributed by atoms with Crippen molar-refractivity contribution in [1.29, 1.82) is 0 Å². The Kier molecular flexibility index (Phi) is 4.59. The molecule has 9 nitrogen and oxygen atoms in total. The van der Waals surface area contributed by atoms with Crippen LogP contribution < -0.4 is 24.2 Å². The van der Waals surface area contributed by atoms with E-state index in [0.29, 0.717) is 29.8 Å². The summed E-state index contributed by atoms with van der Waals surface area (Å²) < 4.78 is 35.9. The fourth-order valence-electron chi connectivity index (χ4n) is 4.02. The van der Waals surface area contributed by atoms with Crippen LogP contribution in [0.4, 0.5) is 5.82 Å². The third-order valence-electron chi connectivity index (χ3n) is 5.87. The Bertz CT molecular complexity index is 1020. The molecule has 2 heterocycles.